The lowest BCUT2D eigenvalue weighted by atomic mass is 9.85. The molecule has 0 aliphatic carbocycles. The SMILES string of the molecule is CC(C)(C)c1cc2c3c(c1)N(c1ccccc1)c1c([nH]c4ccccc14)N3c1[nH]c3ccccc3c1N2c1ccccc1. The zero-order chi connectivity index (χ0) is 28.9. The molecule has 0 fully saturated rings. The lowest BCUT2D eigenvalue weighted by Gasteiger charge is -2.45. The first-order valence-electron chi connectivity index (χ1n) is 14.9. The summed E-state index contributed by atoms with van der Waals surface area (Å²) in [6.45, 7) is 6.91. The number of aromatic amines is 2. The van der Waals surface area contributed by atoms with Gasteiger partial charge >= 0.3 is 0 Å². The molecule has 0 saturated carbocycles. The normalized spacial score (nSPS) is 13.8. The predicted octanol–water partition coefficient (Wildman–Crippen LogP) is 11.0. The summed E-state index contributed by atoms with van der Waals surface area (Å²) in [4.78, 5) is 15.0. The Kier molecular flexibility index (Phi) is 4.81. The van der Waals surface area contributed by atoms with Crippen LogP contribution in [-0.4, -0.2) is 9.97 Å². The van der Waals surface area contributed by atoms with Crippen LogP contribution < -0.4 is 14.7 Å². The van der Waals surface area contributed by atoms with Gasteiger partial charge in [0, 0.05) is 33.2 Å². The number of rotatable bonds is 2. The topological polar surface area (TPSA) is 41.3 Å². The van der Waals surface area contributed by atoms with E-state index in [0.29, 0.717) is 0 Å². The molecule has 0 saturated heterocycles. The number of fused-ring (bicyclic) bond motifs is 8. The van der Waals surface area contributed by atoms with Gasteiger partial charge in [-0.2, -0.15) is 0 Å². The molecule has 5 heteroatoms. The van der Waals surface area contributed by atoms with E-state index in [9.17, 15) is 0 Å². The van der Waals surface area contributed by atoms with E-state index in [0.717, 1.165) is 62.5 Å². The first-order valence-corrected chi connectivity index (χ1v) is 14.9. The Morgan fingerprint density at radius 3 is 1.33 bits per heavy atom. The van der Waals surface area contributed by atoms with E-state index < -0.39 is 0 Å². The third kappa shape index (κ3) is 3.33. The number of aromatic nitrogens is 2. The first kappa shape index (κ1) is 24.2. The Morgan fingerprint density at radius 2 is 0.884 bits per heavy atom. The second-order valence-corrected chi connectivity index (χ2v) is 12.5. The van der Waals surface area contributed by atoms with Crippen LogP contribution in [0.5, 0.6) is 0 Å². The van der Waals surface area contributed by atoms with Crippen LogP contribution >= 0.6 is 0 Å². The molecule has 5 aromatic carbocycles. The van der Waals surface area contributed by atoms with Crippen molar-refractivity contribution in [2.24, 2.45) is 0 Å². The van der Waals surface area contributed by atoms with Gasteiger partial charge in [-0.15, -0.1) is 0 Å². The molecule has 208 valence electrons. The van der Waals surface area contributed by atoms with Crippen molar-refractivity contribution in [3.8, 4) is 0 Å². The summed E-state index contributed by atoms with van der Waals surface area (Å²) >= 11 is 0. The molecular weight excluding hydrogens is 526 g/mol. The van der Waals surface area contributed by atoms with Gasteiger partial charge in [0.2, 0.25) is 0 Å². The maximum atomic E-state index is 3.85. The van der Waals surface area contributed by atoms with Crippen molar-refractivity contribution in [2.45, 2.75) is 26.2 Å². The molecule has 5 nitrogen and oxygen atoms in total. The highest BCUT2D eigenvalue weighted by Gasteiger charge is 2.43. The average Bonchev–Trinajstić information content (AvgIpc) is 3.60. The van der Waals surface area contributed by atoms with Gasteiger partial charge in [-0.3, -0.25) is 4.90 Å². The van der Waals surface area contributed by atoms with Crippen LogP contribution in [0.4, 0.5) is 51.4 Å². The van der Waals surface area contributed by atoms with Crippen LogP contribution in [0.1, 0.15) is 26.3 Å². The number of nitrogens with zero attached hydrogens (tertiary/aromatic N) is 3. The van der Waals surface area contributed by atoms with Gasteiger partial charge < -0.3 is 19.8 Å². The molecule has 0 atom stereocenters. The minimum Gasteiger partial charge on any atom is -0.339 e. The summed E-state index contributed by atoms with van der Waals surface area (Å²) in [5.74, 6) is 2.12. The fourth-order valence-corrected chi connectivity index (χ4v) is 6.88. The number of hydrogen-bond donors (Lipinski definition) is 2. The number of benzene rings is 5. The Hall–Kier alpha value is -5.42. The third-order valence-corrected chi connectivity index (χ3v) is 8.88. The molecule has 0 bridgehead atoms. The van der Waals surface area contributed by atoms with Gasteiger partial charge in [-0.25, -0.2) is 0 Å². The Balaban J connectivity index is 1.48. The molecule has 9 rings (SSSR count). The summed E-state index contributed by atoms with van der Waals surface area (Å²) in [5, 5.41) is 2.38. The second kappa shape index (κ2) is 8.55. The van der Waals surface area contributed by atoms with E-state index >= 15 is 0 Å². The number of H-pyrrole nitrogens is 2. The van der Waals surface area contributed by atoms with Crippen LogP contribution in [0, 0.1) is 0 Å². The molecule has 2 N–H and O–H groups in total. The van der Waals surface area contributed by atoms with Crippen molar-refractivity contribution >= 4 is 73.3 Å². The number of nitrogens with one attached hydrogen (secondary N) is 2. The van der Waals surface area contributed by atoms with Gasteiger partial charge in [-0.1, -0.05) is 93.6 Å². The molecule has 4 heterocycles. The van der Waals surface area contributed by atoms with Crippen molar-refractivity contribution in [1.29, 1.82) is 0 Å². The highest BCUT2D eigenvalue weighted by atomic mass is 15.4. The van der Waals surface area contributed by atoms with Gasteiger partial charge in [-0.05, 0) is 59.5 Å². The van der Waals surface area contributed by atoms with E-state index in [1.165, 1.54) is 16.3 Å². The largest absolute Gasteiger partial charge is 0.339 e. The van der Waals surface area contributed by atoms with Crippen LogP contribution in [0.3, 0.4) is 0 Å². The number of anilines is 9. The van der Waals surface area contributed by atoms with Crippen molar-refractivity contribution in [3.05, 3.63) is 127 Å². The van der Waals surface area contributed by atoms with E-state index in [4.69, 9.17) is 0 Å². The van der Waals surface area contributed by atoms with Gasteiger partial charge in [0.15, 0.2) is 0 Å². The number of para-hydroxylation sites is 4. The van der Waals surface area contributed by atoms with Gasteiger partial charge in [0.25, 0.3) is 0 Å². The molecule has 2 aliphatic rings. The van der Waals surface area contributed by atoms with E-state index in [1.807, 2.05) is 0 Å². The summed E-state index contributed by atoms with van der Waals surface area (Å²) in [5.41, 5.74) is 11.5. The van der Waals surface area contributed by atoms with Crippen LogP contribution in [0.25, 0.3) is 21.8 Å². The monoisotopic (exact) mass is 557 g/mol. The predicted molar refractivity (Wildman–Crippen MR) is 180 cm³/mol. The van der Waals surface area contributed by atoms with Crippen LogP contribution in [0.2, 0.25) is 0 Å². The van der Waals surface area contributed by atoms with Gasteiger partial charge in [0.1, 0.15) is 11.6 Å². The molecule has 0 unspecified atom stereocenters. The maximum Gasteiger partial charge on any atom is 0.142 e. The molecule has 2 aromatic heterocycles. The minimum absolute atomic E-state index is 0.0674. The zero-order valence-electron chi connectivity index (χ0n) is 24.4. The fourth-order valence-electron chi connectivity index (χ4n) is 6.88. The molecular formula is C38H31N5. The van der Waals surface area contributed by atoms with Gasteiger partial charge in [0.05, 0.1) is 28.4 Å². The number of hydrogen-bond acceptors (Lipinski definition) is 3. The standard InChI is InChI=1S/C38H31N5/c1-38(2,3)24-22-31-35-32(23-24)42(26-16-8-5-9-17-26)34-28-19-11-13-21-30(28)40-37(34)43(35)36-33(27-18-10-12-20-29(27)39-36)41(31)25-14-6-4-7-15-25/h4-23,39-40H,1-3H3. The Labute approximate surface area is 250 Å². The summed E-state index contributed by atoms with van der Waals surface area (Å²) in [7, 11) is 0. The first-order chi connectivity index (χ1) is 21.0. The van der Waals surface area contributed by atoms with E-state index in [-0.39, 0.29) is 5.41 Å². The lowest BCUT2D eigenvalue weighted by molar-refractivity contribution is 0.590. The van der Waals surface area contributed by atoms with Crippen molar-refractivity contribution in [1.82, 2.24) is 9.97 Å². The smallest absolute Gasteiger partial charge is 0.142 e. The third-order valence-electron chi connectivity index (χ3n) is 8.88. The Bertz CT molecular complexity index is 2040. The van der Waals surface area contributed by atoms with Crippen molar-refractivity contribution in [2.75, 3.05) is 14.7 Å². The molecule has 7 aromatic rings. The molecule has 0 radical (unpaired) electrons. The Morgan fingerprint density at radius 1 is 0.465 bits per heavy atom. The van der Waals surface area contributed by atoms with E-state index in [2.05, 4.69) is 167 Å². The lowest BCUT2D eigenvalue weighted by Crippen LogP contribution is -2.31. The molecule has 43 heavy (non-hydrogen) atoms. The quantitative estimate of drug-likeness (QED) is 0.222. The highest BCUT2D eigenvalue weighted by Crippen LogP contribution is 2.65. The van der Waals surface area contributed by atoms with Crippen LogP contribution in [0.15, 0.2) is 121 Å². The summed E-state index contributed by atoms with van der Waals surface area (Å²) < 4.78 is 0. The van der Waals surface area contributed by atoms with Crippen LogP contribution in [-0.2, 0) is 5.41 Å². The summed E-state index contributed by atoms with van der Waals surface area (Å²) in [6.07, 6.45) is 0. The second-order valence-electron chi connectivity index (χ2n) is 12.5. The summed E-state index contributed by atoms with van der Waals surface area (Å²) in [6, 6.07) is 43.6. The van der Waals surface area contributed by atoms with Crippen molar-refractivity contribution < 1.29 is 0 Å². The van der Waals surface area contributed by atoms with E-state index in [1.54, 1.807) is 0 Å². The maximum absolute atomic E-state index is 3.85. The zero-order valence-corrected chi connectivity index (χ0v) is 24.4. The minimum atomic E-state index is -0.0674. The molecule has 0 amide bonds. The highest BCUT2D eigenvalue weighted by molar-refractivity contribution is 6.20. The molecule has 0 spiro atoms. The van der Waals surface area contributed by atoms with Crippen molar-refractivity contribution in [3.63, 3.8) is 0 Å². The molecule has 2 aliphatic heterocycles. The average molecular weight is 558 g/mol. The fraction of sp³-hybridized carbons (Fsp3) is 0.105.